The molecule has 3 aromatic rings. The van der Waals surface area contributed by atoms with Crippen molar-refractivity contribution in [2.75, 3.05) is 31.6 Å². The largest absolute Gasteiger partial charge is 0.474 e. The first-order valence-corrected chi connectivity index (χ1v) is 15.0. The van der Waals surface area contributed by atoms with E-state index < -0.39 is 23.8 Å². The molecule has 2 aliphatic rings. The van der Waals surface area contributed by atoms with Gasteiger partial charge in [-0.1, -0.05) is 56.3 Å². The molecule has 3 N–H and O–H groups in total. The molecule has 5 rings (SSSR count). The molecule has 0 spiro atoms. The highest BCUT2D eigenvalue weighted by Crippen LogP contribution is 2.41. The minimum atomic E-state index is -0.750. The normalized spacial score (nSPS) is 21.2. The van der Waals surface area contributed by atoms with Gasteiger partial charge in [0.05, 0.1) is 36.5 Å². The third-order valence-electron chi connectivity index (χ3n) is 7.92. The predicted molar refractivity (Wildman–Crippen MR) is 166 cm³/mol. The van der Waals surface area contributed by atoms with Crippen LogP contribution in [-0.4, -0.2) is 76.0 Å². The predicted octanol–water partition coefficient (Wildman–Crippen LogP) is 5.10. The van der Waals surface area contributed by atoms with Gasteiger partial charge in [-0.2, -0.15) is 0 Å². The molecule has 2 aromatic carbocycles. The van der Waals surface area contributed by atoms with Gasteiger partial charge in [-0.05, 0) is 62.8 Å². The smallest absolute Gasteiger partial charge is 0.410 e. The van der Waals surface area contributed by atoms with Gasteiger partial charge in [0.15, 0.2) is 0 Å². The van der Waals surface area contributed by atoms with Gasteiger partial charge < -0.3 is 29.5 Å². The van der Waals surface area contributed by atoms with E-state index in [4.69, 9.17) is 14.2 Å². The lowest BCUT2D eigenvalue weighted by Crippen LogP contribution is -2.49. The van der Waals surface area contributed by atoms with Crippen molar-refractivity contribution in [1.82, 2.24) is 20.0 Å². The zero-order valence-electron chi connectivity index (χ0n) is 26.3. The van der Waals surface area contributed by atoms with Crippen molar-refractivity contribution in [3.63, 3.8) is 0 Å². The van der Waals surface area contributed by atoms with Crippen LogP contribution in [-0.2, 0) is 14.9 Å². The van der Waals surface area contributed by atoms with E-state index in [2.05, 4.69) is 35.6 Å². The van der Waals surface area contributed by atoms with E-state index in [-0.39, 0.29) is 24.2 Å². The maximum Gasteiger partial charge on any atom is 0.410 e. The van der Waals surface area contributed by atoms with Gasteiger partial charge in [0.25, 0.3) is 0 Å². The highest BCUT2D eigenvalue weighted by atomic mass is 16.6. The van der Waals surface area contributed by atoms with E-state index in [0.717, 1.165) is 16.8 Å². The molecule has 1 aliphatic heterocycles. The number of aromatic nitrogens is 2. The van der Waals surface area contributed by atoms with E-state index in [1.807, 2.05) is 76.2 Å². The standard InChI is InChI=1S/C33H43N5O6/c1-21-28(35-30(40)34-27-24-14-10-11-15-25(24)33(5,6)18-26(27)39)38(22-12-8-7-9-13-22)36-29(21)43-20-23-19-37(16-17-42-23)31(41)44-32(2,3)4/h7-15,23,26-27,39H,16-20H2,1-6H3,(H2,34,35,40)/t23?,26-,27-/m1/s1. The number of hydrogen-bond acceptors (Lipinski definition) is 7. The Labute approximate surface area is 258 Å². The van der Waals surface area contributed by atoms with Crippen LogP contribution in [0.3, 0.4) is 0 Å². The van der Waals surface area contributed by atoms with Crippen molar-refractivity contribution in [2.24, 2.45) is 0 Å². The van der Waals surface area contributed by atoms with Gasteiger partial charge in [0.2, 0.25) is 5.88 Å². The summed E-state index contributed by atoms with van der Waals surface area (Å²) in [7, 11) is 0. The summed E-state index contributed by atoms with van der Waals surface area (Å²) >= 11 is 0. The lowest BCUT2D eigenvalue weighted by atomic mass is 9.70. The fraction of sp³-hybridized carbons (Fsp3) is 0.485. The number of nitrogens with zero attached hydrogens (tertiary/aromatic N) is 3. The van der Waals surface area contributed by atoms with Crippen molar-refractivity contribution < 1.29 is 28.9 Å². The Bertz CT molecular complexity index is 1480. The minimum Gasteiger partial charge on any atom is -0.474 e. The van der Waals surface area contributed by atoms with Crippen molar-refractivity contribution in [3.8, 4) is 11.6 Å². The summed E-state index contributed by atoms with van der Waals surface area (Å²) < 4.78 is 19.1. The Balaban J connectivity index is 1.32. The van der Waals surface area contributed by atoms with Crippen molar-refractivity contribution >= 4 is 17.9 Å². The van der Waals surface area contributed by atoms with Crippen LogP contribution in [0.15, 0.2) is 54.6 Å². The molecule has 236 valence electrons. The lowest BCUT2D eigenvalue weighted by Gasteiger charge is -2.40. The second-order valence-electron chi connectivity index (χ2n) is 13.1. The van der Waals surface area contributed by atoms with Gasteiger partial charge >= 0.3 is 12.1 Å². The van der Waals surface area contributed by atoms with E-state index in [9.17, 15) is 14.7 Å². The second-order valence-corrected chi connectivity index (χ2v) is 13.1. The Hall–Kier alpha value is -4.09. The molecule has 1 aliphatic carbocycles. The van der Waals surface area contributed by atoms with Crippen LogP contribution in [0.1, 0.15) is 63.8 Å². The molecule has 11 nitrogen and oxygen atoms in total. The highest BCUT2D eigenvalue weighted by molar-refractivity contribution is 5.90. The first-order valence-electron chi connectivity index (χ1n) is 15.0. The number of benzene rings is 2. The Morgan fingerprint density at radius 1 is 1.11 bits per heavy atom. The highest BCUT2D eigenvalue weighted by Gasteiger charge is 2.39. The fourth-order valence-electron chi connectivity index (χ4n) is 5.80. The third kappa shape index (κ3) is 7.00. The number of ether oxygens (including phenoxy) is 3. The lowest BCUT2D eigenvalue weighted by molar-refractivity contribution is -0.0562. The van der Waals surface area contributed by atoms with Crippen LogP contribution in [0.2, 0.25) is 0 Å². The molecule has 1 aromatic heterocycles. The minimum absolute atomic E-state index is 0.151. The molecule has 0 saturated carbocycles. The molecule has 0 radical (unpaired) electrons. The number of amides is 3. The zero-order chi connectivity index (χ0) is 31.6. The number of hydrogen-bond donors (Lipinski definition) is 3. The third-order valence-corrected chi connectivity index (χ3v) is 7.92. The summed E-state index contributed by atoms with van der Waals surface area (Å²) in [5.41, 5.74) is 2.55. The van der Waals surface area contributed by atoms with Crippen LogP contribution in [0.5, 0.6) is 5.88 Å². The molecule has 3 amide bonds. The number of carbonyl (C=O) groups excluding carboxylic acids is 2. The van der Waals surface area contributed by atoms with Crippen LogP contribution in [0, 0.1) is 6.92 Å². The van der Waals surface area contributed by atoms with Crippen molar-refractivity contribution in [3.05, 3.63) is 71.3 Å². The Kier molecular flexibility index (Phi) is 8.90. The molecule has 0 bridgehead atoms. The van der Waals surface area contributed by atoms with Gasteiger partial charge in [-0.3, -0.25) is 5.32 Å². The zero-order valence-corrected chi connectivity index (χ0v) is 26.3. The van der Waals surface area contributed by atoms with Gasteiger partial charge in [0, 0.05) is 6.54 Å². The molecular weight excluding hydrogens is 562 g/mol. The number of aliphatic hydroxyl groups is 1. The quantitative estimate of drug-likeness (QED) is 0.357. The number of fused-ring (bicyclic) bond motifs is 1. The molecule has 3 atom stereocenters. The summed E-state index contributed by atoms with van der Waals surface area (Å²) in [6, 6.07) is 16.3. The maximum atomic E-state index is 13.5. The number of aliphatic hydroxyl groups excluding tert-OH is 1. The van der Waals surface area contributed by atoms with E-state index in [1.54, 1.807) is 9.58 Å². The SMILES string of the molecule is Cc1c(OCC2CN(C(=O)OC(C)(C)C)CCO2)nn(-c2ccccc2)c1NC(=O)N[C@@H]1c2ccccc2C(C)(C)C[C@H]1O. The van der Waals surface area contributed by atoms with Crippen LogP contribution in [0.25, 0.3) is 5.69 Å². The van der Waals surface area contributed by atoms with E-state index in [0.29, 0.717) is 43.4 Å². The van der Waals surface area contributed by atoms with Crippen molar-refractivity contribution in [1.29, 1.82) is 0 Å². The number of nitrogens with one attached hydrogen (secondary N) is 2. The van der Waals surface area contributed by atoms with Crippen molar-refractivity contribution in [2.45, 2.75) is 77.2 Å². The van der Waals surface area contributed by atoms with Gasteiger partial charge in [-0.15, -0.1) is 5.10 Å². The Morgan fingerprint density at radius 2 is 1.82 bits per heavy atom. The average Bonchev–Trinajstić information content (AvgIpc) is 3.28. The maximum absolute atomic E-state index is 13.5. The first kappa shape index (κ1) is 31.3. The molecule has 1 fully saturated rings. The topological polar surface area (TPSA) is 127 Å². The molecule has 2 heterocycles. The number of urea groups is 1. The molecule has 1 unspecified atom stereocenters. The molecule has 11 heteroatoms. The molecular formula is C33H43N5O6. The first-order chi connectivity index (χ1) is 20.8. The molecule has 1 saturated heterocycles. The monoisotopic (exact) mass is 605 g/mol. The number of para-hydroxylation sites is 1. The summed E-state index contributed by atoms with van der Waals surface area (Å²) in [5.74, 6) is 0.759. The summed E-state index contributed by atoms with van der Waals surface area (Å²) in [4.78, 5) is 27.7. The summed E-state index contributed by atoms with van der Waals surface area (Å²) in [6.07, 6.45) is -1.00. The van der Waals surface area contributed by atoms with Crippen LogP contribution < -0.4 is 15.4 Å². The van der Waals surface area contributed by atoms with Gasteiger partial charge in [0.1, 0.15) is 24.1 Å². The summed E-state index contributed by atoms with van der Waals surface area (Å²) in [6.45, 7) is 12.8. The fourth-order valence-corrected chi connectivity index (χ4v) is 5.80. The average molecular weight is 606 g/mol. The second kappa shape index (κ2) is 12.5. The number of anilines is 1. The van der Waals surface area contributed by atoms with Gasteiger partial charge in [-0.25, -0.2) is 14.3 Å². The van der Waals surface area contributed by atoms with E-state index >= 15 is 0 Å². The number of rotatable bonds is 6. The Morgan fingerprint density at radius 3 is 2.55 bits per heavy atom. The molecule has 44 heavy (non-hydrogen) atoms. The number of carbonyl (C=O) groups is 2. The number of morpholine rings is 1. The van der Waals surface area contributed by atoms with Crippen LogP contribution >= 0.6 is 0 Å². The van der Waals surface area contributed by atoms with E-state index in [1.165, 1.54) is 0 Å². The van der Waals surface area contributed by atoms with Crippen LogP contribution in [0.4, 0.5) is 15.4 Å². The summed E-state index contributed by atoms with van der Waals surface area (Å²) in [5, 5.41) is 21.7.